The van der Waals surface area contributed by atoms with Crippen molar-refractivity contribution in [2.45, 2.75) is 136 Å². The van der Waals surface area contributed by atoms with Crippen LogP contribution in [0.15, 0.2) is 205 Å². The highest BCUT2D eigenvalue weighted by Crippen LogP contribution is 2.33. The minimum Gasteiger partial charge on any atom is -0.384 e. The van der Waals surface area contributed by atoms with E-state index in [9.17, 15) is 35.4 Å². The first kappa shape index (κ1) is 95.7. The number of rotatable bonds is 32. The molecule has 1 aliphatic carbocycles. The SMILES string of the molecule is CCN(CC)c1cc2cnc(Nc3ccc(N(C)C4CCNCC4)cc3)nc2n(Cc2ncccc2S(=O)(=O)CCOC)c1=O.CN(C)CCS(=O)(=O)c1cnncc1Cn1c(=O)c(-c2nccn2C)cc2cnc(Nc3ccc(NC4CCN(C)CC4)cc3)nc21.CN1CCCC(Nc2ccc(Nc3ncc4cc(Br)c(=O)n(Cc5cccnc5S(=O)C5CCCC5)c4n3)cc2)C1. The molecule has 39 heteroatoms. The van der Waals surface area contributed by atoms with Gasteiger partial charge in [0.15, 0.2) is 19.7 Å². The molecule has 0 radical (unpaired) electrons. The van der Waals surface area contributed by atoms with Crippen molar-refractivity contribution < 1.29 is 25.8 Å². The number of nitrogens with zero attached hydrogens (tertiary/aromatic N) is 20. The Labute approximate surface area is 784 Å². The zero-order chi connectivity index (χ0) is 93.5. The molecule has 10 aromatic heterocycles. The van der Waals surface area contributed by atoms with E-state index in [1.165, 1.54) is 53.7 Å². The Bertz CT molecular complexity index is 6690. The number of methoxy groups -OCH3 is 1. The molecule has 17 rings (SSSR count). The third-order valence-electron chi connectivity index (χ3n) is 24.6. The number of pyridine rings is 5. The maximum atomic E-state index is 14.1. The maximum absolute atomic E-state index is 14.1. The number of halogens is 1. The number of aryl methyl sites for hydroxylation is 1. The first-order valence-electron chi connectivity index (χ1n) is 45.0. The predicted molar refractivity (Wildman–Crippen MR) is 528 cm³/mol. The third-order valence-corrected chi connectivity index (χ3v) is 30.5. The third kappa shape index (κ3) is 23.6. The largest absolute Gasteiger partial charge is 0.384 e. The molecule has 0 bridgehead atoms. The number of likely N-dealkylation sites (N-methyl/N-ethyl adjacent to an activating group) is 1. The minimum atomic E-state index is -3.73. The molecule has 700 valence electrons. The fourth-order valence-corrected chi connectivity index (χ4v) is 22.2. The summed E-state index contributed by atoms with van der Waals surface area (Å²) in [6, 6.07) is 37.6. The summed E-state index contributed by atoms with van der Waals surface area (Å²) in [5, 5.41) is 30.9. The van der Waals surface area contributed by atoms with E-state index < -0.39 is 30.5 Å². The van der Waals surface area contributed by atoms with Gasteiger partial charge in [-0.2, -0.15) is 25.1 Å². The van der Waals surface area contributed by atoms with Gasteiger partial charge in [-0.25, -0.2) is 41.8 Å². The van der Waals surface area contributed by atoms with Gasteiger partial charge in [0.05, 0.1) is 86.5 Å². The summed E-state index contributed by atoms with van der Waals surface area (Å²) in [7, 11) is 4.67. The molecule has 4 fully saturated rings. The van der Waals surface area contributed by atoms with E-state index in [-0.39, 0.29) is 81.1 Å². The smallest absolute Gasteiger partial charge is 0.276 e. The molecule has 0 spiro atoms. The molecule has 2 unspecified atom stereocenters. The van der Waals surface area contributed by atoms with E-state index in [2.05, 4.69) is 148 Å². The van der Waals surface area contributed by atoms with E-state index in [4.69, 9.17) is 19.7 Å². The molecule has 2 atom stereocenters. The van der Waals surface area contributed by atoms with Gasteiger partial charge in [-0.05, 0) is 251 Å². The molecule has 4 aliphatic rings. The monoisotopic (exact) mass is 1930 g/mol. The highest BCUT2D eigenvalue weighted by Gasteiger charge is 2.30. The van der Waals surface area contributed by atoms with Gasteiger partial charge in [-0.3, -0.25) is 37.3 Å². The normalized spacial score (nSPS) is 15.7. The average molecular weight is 1930 g/mol. The van der Waals surface area contributed by atoms with E-state index in [1.54, 1.807) is 82.5 Å². The standard InChI is InChI=1S/C32H39N11O3S.C32H42N8O4S.C30H34BrN7O2S/c1-40(2)15-16-47(45,46)28-20-36-35-19-23(28)21-43-29-22(17-27(31(43)44)30-33-11-14-42(30)4)18-34-32(39-29)38-25-7-5-24(6-8-25)37-26-9-12-41(3)13-10-26;1-5-39(6-2)28-20-23-21-35-32(36-24-9-11-25(12-10-24)38(3)26-13-16-33-17-14-26)37-30(23)40(31(28)41)22-27-29(8-7-15-34-27)45(42,43)19-18-44-4;1-37-15-5-7-24(19-37)34-22-10-12-23(13-11-22)35-30-33-17-21-16-26(31)29(39)38(27(21)36-30)18-20-6-4-14-32-28(20)41(40)25-8-2-3-9-25/h5-8,11,14,17-20,26,37H,9-10,12-13,15-16,21H2,1-4H3,(H,34,38,39);7-12,15,20-21,26,33H,5-6,13-14,16-19,22H2,1-4H3,(H,35,36,37);4,6,10-14,16-17,24-25,34H,2-3,5,7-9,15,18-19H2,1H3,(H,33,35,36). The number of piperidine rings is 3. The van der Waals surface area contributed by atoms with Gasteiger partial charge < -0.3 is 65.7 Å². The number of anilines is 10. The molecule has 3 aliphatic heterocycles. The van der Waals surface area contributed by atoms with Crippen LogP contribution in [0.25, 0.3) is 44.5 Å². The Morgan fingerprint density at radius 2 is 1.09 bits per heavy atom. The Morgan fingerprint density at radius 1 is 0.541 bits per heavy atom. The highest BCUT2D eigenvalue weighted by molar-refractivity contribution is 9.10. The van der Waals surface area contributed by atoms with Crippen LogP contribution in [0.3, 0.4) is 0 Å². The van der Waals surface area contributed by atoms with Crippen LogP contribution in [0.5, 0.6) is 0 Å². The summed E-state index contributed by atoms with van der Waals surface area (Å²) in [5.41, 5.74) is 8.21. The lowest BCUT2D eigenvalue weighted by molar-refractivity contribution is 0.217. The topological polar surface area (TPSA) is 396 Å². The van der Waals surface area contributed by atoms with E-state index in [0.29, 0.717) is 110 Å². The fourth-order valence-electron chi connectivity index (χ4n) is 17.2. The zero-order valence-corrected chi connectivity index (χ0v) is 80.4. The highest BCUT2D eigenvalue weighted by atomic mass is 79.9. The number of ether oxygens (including phenoxy) is 1. The molecule has 6 N–H and O–H groups in total. The lowest BCUT2D eigenvalue weighted by Gasteiger charge is -2.33. The summed E-state index contributed by atoms with van der Waals surface area (Å²) < 4.78 is 78.2. The zero-order valence-electron chi connectivity index (χ0n) is 76.4. The molecule has 13 aromatic rings. The van der Waals surface area contributed by atoms with Crippen molar-refractivity contribution >= 4 is 137 Å². The van der Waals surface area contributed by atoms with Crippen molar-refractivity contribution in [1.29, 1.82) is 0 Å². The number of sulfone groups is 2. The quantitative estimate of drug-likeness (QED) is 0.0228. The number of fused-ring (bicyclic) bond motifs is 3. The first-order chi connectivity index (χ1) is 64.3. The maximum Gasteiger partial charge on any atom is 0.276 e. The lowest BCUT2D eigenvalue weighted by Crippen LogP contribution is -2.41. The van der Waals surface area contributed by atoms with Gasteiger partial charge in [-0.15, -0.1) is 0 Å². The van der Waals surface area contributed by atoms with Crippen LogP contribution in [-0.2, 0) is 61.9 Å². The number of likely N-dealkylation sites (tertiary alicyclic amines) is 2. The molecule has 3 saturated heterocycles. The van der Waals surface area contributed by atoms with Crippen molar-refractivity contribution in [1.82, 2.24) is 93.3 Å². The van der Waals surface area contributed by atoms with E-state index in [0.717, 1.165) is 136 Å². The van der Waals surface area contributed by atoms with Crippen LogP contribution in [0.1, 0.15) is 94.9 Å². The van der Waals surface area contributed by atoms with E-state index in [1.807, 2.05) is 93.5 Å². The van der Waals surface area contributed by atoms with Crippen molar-refractivity contribution in [3.05, 3.63) is 223 Å². The fraction of sp³-hybridized carbons (Fsp3) is 0.404. The van der Waals surface area contributed by atoms with Crippen LogP contribution in [0.2, 0.25) is 0 Å². The molecular formula is C94H115BrN26O9S3. The second kappa shape index (κ2) is 43.8. The number of hydrogen-bond donors (Lipinski definition) is 6. The van der Waals surface area contributed by atoms with Gasteiger partial charge >= 0.3 is 0 Å². The Balaban J connectivity index is 0.000000153. The summed E-state index contributed by atoms with van der Waals surface area (Å²) in [4.78, 5) is 93.5. The molecule has 1 saturated carbocycles. The van der Waals surface area contributed by atoms with Gasteiger partial charge in [0, 0.05) is 176 Å². The van der Waals surface area contributed by atoms with Gasteiger partial charge in [0.1, 0.15) is 33.5 Å². The summed E-state index contributed by atoms with van der Waals surface area (Å²) in [6.07, 6.45) is 25.1. The Kier molecular flexibility index (Phi) is 31.5. The average Bonchev–Trinajstić information content (AvgIpc) is 1.22. The van der Waals surface area contributed by atoms with Crippen LogP contribution in [-0.4, -0.2) is 252 Å². The molecule has 133 heavy (non-hydrogen) atoms. The number of nitrogens with one attached hydrogen (secondary N) is 6. The predicted octanol–water partition coefficient (Wildman–Crippen LogP) is 11.3. The van der Waals surface area contributed by atoms with Crippen LogP contribution in [0, 0.1) is 0 Å². The number of imidazole rings is 1. The van der Waals surface area contributed by atoms with Crippen molar-refractivity contribution in [3.63, 3.8) is 0 Å². The second-order valence-electron chi connectivity index (χ2n) is 34.3. The number of benzene rings is 3. The van der Waals surface area contributed by atoms with E-state index >= 15 is 0 Å². The van der Waals surface area contributed by atoms with Crippen molar-refractivity contribution in [3.8, 4) is 11.4 Å². The van der Waals surface area contributed by atoms with Crippen molar-refractivity contribution in [2.24, 2.45) is 7.05 Å². The molecule has 13 heterocycles. The molecule has 35 nitrogen and oxygen atoms in total. The van der Waals surface area contributed by atoms with Crippen molar-refractivity contribution in [2.75, 3.05) is 156 Å². The van der Waals surface area contributed by atoms with Crippen LogP contribution in [0.4, 0.5) is 57.7 Å². The minimum absolute atomic E-state index is 0.0261. The second-order valence-corrected chi connectivity index (χ2v) is 40.9. The van der Waals surface area contributed by atoms with Crippen LogP contribution >= 0.6 is 15.9 Å². The molecular weight excluding hydrogens is 1810 g/mol. The summed E-state index contributed by atoms with van der Waals surface area (Å²) in [5.74, 6) is 1.17. The lowest BCUT2D eigenvalue weighted by atomic mass is 10.0. The summed E-state index contributed by atoms with van der Waals surface area (Å²) >= 11 is 3.41. The van der Waals surface area contributed by atoms with Gasteiger partial charge in [-0.1, -0.05) is 18.9 Å². The Morgan fingerprint density at radius 3 is 1.68 bits per heavy atom. The van der Waals surface area contributed by atoms with Gasteiger partial charge in [0.2, 0.25) is 17.8 Å². The first-order valence-corrected chi connectivity index (χ1v) is 50.3. The van der Waals surface area contributed by atoms with Crippen LogP contribution < -0.4 is 58.4 Å². The van der Waals surface area contributed by atoms with Gasteiger partial charge in [0.25, 0.3) is 16.7 Å². The molecule has 3 aromatic carbocycles. The molecule has 0 amide bonds. The Hall–Kier alpha value is -12.0. The summed E-state index contributed by atoms with van der Waals surface area (Å²) in [6.45, 7) is 12.0. The number of hydrogen-bond acceptors (Lipinski definition) is 31. The number of aromatic nitrogens is 15.